The zero-order chi connectivity index (χ0) is 19.2. The van der Waals surface area contributed by atoms with Crippen molar-refractivity contribution in [2.24, 2.45) is 11.8 Å². The summed E-state index contributed by atoms with van der Waals surface area (Å²) in [5, 5.41) is 2.92. The Hall–Kier alpha value is -2.76. The third-order valence-electron chi connectivity index (χ3n) is 5.03. The number of nitrogens with one attached hydrogen (secondary N) is 1. The van der Waals surface area contributed by atoms with Gasteiger partial charge in [0.15, 0.2) is 0 Å². The van der Waals surface area contributed by atoms with E-state index in [1.54, 1.807) is 20.1 Å². The number of hydrogen-bond acceptors (Lipinski definition) is 5. The summed E-state index contributed by atoms with van der Waals surface area (Å²) in [4.78, 5) is 32.6. The molecule has 1 N–H and O–H groups in total. The Bertz CT molecular complexity index is 822. The first-order chi connectivity index (χ1) is 13.1. The standard InChI is InChI=1S/C21H25N3O3/c1-14(25)10-15-6-5-7-16(11-15)21(26)24-20-12-18(22-13-23-20)17-8-3-4-9-19(17)27-2/h3-4,8-9,12-13,15-16H,5-7,10-11H2,1-2H3,(H,22,23,24,26). The lowest BCUT2D eigenvalue weighted by Gasteiger charge is -2.27. The van der Waals surface area contributed by atoms with Crippen molar-refractivity contribution in [2.75, 3.05) is 12.4 Å². The van der Waals surface area contributed by atoms with E-state index in [1.807, 2.05) is 24.3 Å². The van der Waals surface area contributed by atoms with Crippen molar-refractivity contribution >= 4 is 17.5 Å². The Morgan fingerprint density at radius 3 is 2.81 bits per heavy atom. The van der Waals surface area contributed by atoms with E-state index in [0.717, 1.165) is 31.2 Å². The van der Waals surface area contributed by atoms with E-state index >= 15 is 0 Å². The molecule has 0 bridgehead atoms. The molecule has 6 heteroatoms. The summed E-state index contributed by atoms with van der Waals surface area (Å²) in [5.74, 6) is 1.58. The van der Waals surface area contributed by atoms with Crippen molar-refractivity contribution in [3.63, 3.8) is 0 Å². The number of benzene rings is 1. The smallest absolute Gasteiger partial charge is 0.228 e. The second kappa shape index (κ2) is 8.75. The van der Waals surface area contributed by atoms with Gasteiger partial charge in [-0.15, -0.1) is 0 Å². The fraction of sp³-hybridized carbons (Fsp3) is 0.429. The van der Waals surface area contributed by atoms with E-state index < -0.39 is 0 Å². The third-order valence-corrected chi connectivity index (χ3v) is 5.03. The monoisotopic (exact) mass is 367 g/mol. The van der Waals surface area contributed by atoms with Gasteiger partial charge < -0.3 is 14.8 Å². The van der Waals surface area contributed by atoms with Gasteiger partial charge in [0.25, 0.3) is 0 Å². The number of carbonyl (C=O) groups excluding carboxylic acids is 2. The van der Waals surface area contributed by atoms with Crippen molar-refractivity contribution in [1.82, 2.24) is 9.97 Å². The lowest BCUT2D eigenvalue weighted by atomic mass is 9.79. The Morgan fingerprint density at radius 2 is 2.04 bits per heavy atom. The maximum absolute atomic E-state index is 12.7. The first-order valence-electron chi connectivity index (χ1n) is 9.32. The number of amides is 1. The molecule has 1 amide bonds. The molecule has 0 saturated heterocycles. The molecule has 27 heavy (non-hydrogen) atoms. The van der Waals surface area contributed by atoms with Crippen molar-refractivity contribution in [3.8, 4) is 17.0 Å². The second-order valence-corrected chi connectivity index (χ2v) is 7.11. The fourth-order valence-electron chi connectivity index (χ4n) is 3.78. The van der Waals surface area contributed by atoms with Gasteiger partial charge in [-0.25, -0.2) is 9.97 Å². The minimum Gasteiger partial charge on any atom is -0.496 e. The van der Waals surface area contributed by atoms with Crippen LogP contribution in [0.25, 0.3) is 11.3 Å². The Morgan fingerprint density at radius 1 is 1.22 bits per heavy atom. The number of anilines is 1. The molecule has 1 saturated carbocycles. The zero-order valence-corrected chi connectivity index (χ0v) is 15.8. The van der Waals surface area contributed by atoms with Crippen LogP contribution in [0, 0.1) is 11.8 Å². The average molecular weight is 367 g/mol. The van der Waals surface area contributed by atoms with Crippen molar-refractivity contribution < 1.29 is 14.3 Å². The number of Topliss-reactive ketones (excluding diaryl/α,β-unsaturated/α-hetero) is 1. The Balaban J connectivity index is 1.71. The molecule has 2 unspecified atom stereocenters. The molecule has 1 aliphatic rings. The van der Waals surface area contributed by atoms with Gasteiger partial charge >= 0.3 is 0 Å². The van der Waals surface area contributed by atoms with Crippen LogP contribution in [-0.4, -0.2) is 28.8 Å². The van der Waals surface area contributed by atoms with Gasteiger partial charge in [0.2, 0.25) is 5.91 Å². The van der Waals surface area contributed by atoms with Crippen LogP contribution in [0.1, 0.15) is 39.0 Å². The molecule has 2 atom stereocenters. The lowest BCUT2D eigenvalue weighted by Crippen LogP contribution is -2.29. The molecule has 1 heterocycles. The number of ether oxygens (including phenoxy) is 1. The normalized spacial score (nSPS) is 19.3. The molecule has 1 aliphatic carbocycles. The molecule has 2 aromatic rings. The highest BCUT2D eigenvalue weighted by atomic mass is 16.5. The molecule has 3 rings (SSSR count). The maximum atomic E-state index is 12.7. The predicted octanol–water partition coefficient (Wildman–Crippen LogP) is 3.88. The predicted molar refractivity (Wildman–Crippen MR) is 103 cm³/mol. The highest BCUT2D eigenvalue weighted by molar-refractivity contribution is 5.92. The topological polar surface area (TPSA) is 81.2 Å². The quantitative estimate of drug-likeness (QED) is 0.838. The number of aromatic nitrogens is 2. The van der Waals surface area contributed by atoms with Crippen LogP contribution in [0.4, 0.5) is 5.82 Å². The van der Waals surface area contributed by atoms with E-state index in [1.165, 1.54) is 6.33 Å². The number of para-hydroxylation sites is 1. The molecular formula is C21H25N3O3. The molecule has 1 aromatic heterocycles. The number of nitrogens with zero attached hydrogens (tertiary/aromatic N) is 2. The number of carbonyl (C=O) groups is 2. The zero-order valence-electron chi connectivity index (χ0n) is 15.8. The van der Waals surface area contributed by atoms with Gasteiger partial charge in [-0.3, -0.25) is 4.79 Å². The minimum absolute atomic E-state index is 0.0343. The highest BCUT2D eigenvalue weighted by Gasteiger charge is 2.28. The number of rotatable bonds is 6. The average Bonchev–Trinajstić information content (AvgIpc) is 2.68. The van der Waals surface area contributed by atoms with Gasteiger partial charge in [-0.2, -0.15) is 0 Å². The van der Waals surface area contributed by atoms with Crippen LogP contribution >= 0.6 is 0 Å². The highest BCUT2D eigenvalue weighted by Crippen LogP contribution is 2.32. The van der Waals surface area contributed by atoms with Gasteiger partial charge in [0.1, 0.15) is 23.7 Å². The van der Waals surface area contributed by atoms with E-state index in [0.29, 0.717) is 29.6 Å². The van der Waals surface area contributed by atoms with Crippen LogP contribution in [0.15, 0.2) is 36.7 Å². The van der Waals surface area contributed by atoms with Crippen LogP contribution in [-0.2, 0) is 9.59 Å². The third kappa shape index (κ3) is 4.90. The van der Waals surface area contributed by atoms with E-state index in [9.17, 15) is 9.59 Å². The molecule has 0 aliphatic heterocycles. The number of hydrogen-bond donors (Lipinski definition) is 1. The summed E-state index contributed by atoms with van der Waals surface area (Å²) in [7, 11) is 1.61. The van der Waals surface area contributed by atoms with Crippen LogP contribution in [0.5, 0.6) is 5.75 Å². The maximum Gasteiger partial charge on any atom is 0.228 e. The molecule has 1 fully saturated rings. The van der Waals surface area contributed by atoms with Crippen molar-refractivity contribution in [2.45, 2.75) is 39.0 Å². The summed E-state index contributed by atoms with van der Waals surface area (Å²) < 4.78 is 5.38. The van der Waals surface area contributed by atoms with Crippen molar-refractivity contribution in [1.29, 1.82) is 0 Å². The van der Waals surface area contributed by atoms with Gasteiger partial charge in [-0.1, -0.05) is 18.6 Å². The molecule has 0 radical (unpaired) electrons. The van der Waals surface area contributed by atoms with Crippen LogP contribution in [0.3, 0.4) is 0 Å². The SMILES string of the molecule is COc1ccccc1-c1cc(NC(=O)C2CCCC(CC(C)=O)C2)ncn1. The summed E-state index contributed by atoms with van der Waals surface area (Å²) in [5.41, 5.74) is 1.54. The summed E-state index contributed by atoms with van der Waals surface area (Å²) >= 11 is 0. The van der Waals surface area contributed by atoms with E-state index in [2.05, 4.69) is 15.3 Å². The van der Waals surface area contributed by atoms with Crippen LogP contribution in [0.2, 0.25) is 0 Å². The summed E-state index contributed by atoms with van der Waals surface area (Å²) in [6.07, 6.45) is 5.62. The van der Waals surface area contributed by atoms with Crippen molar-refractivity contribution in [3.05, 3.63) is 36.7 Å². The number of ketones is 1. The molecule has 1 aromatic carbocycles. The fourth-order valence-corrected chi connectivity index (χ4v) is 3.78. The summed E-state index contributed by atoms with van der Waals surface area (Å²) in [6, 6.07) is 9.35. The largest absolute Gasteiger partial charge is 0.496 e. The second-order valence-electron chi connectivity index (χ2n) is 7.11. The lowest BCUT2D eigenvalue weighted by molar-refractivity contribution is -0.123. The molecular weight excluding hydrogens is 342 g/mol. The number of methoxy groups -OCH3 is 1. The first-order valence-corrected chi connectivity index (χ1v) is 9.32. The van der Waals surface area contributed by atoms with E-state index in [-0.39, 0.29) is 17.6 Å². The summed E-state index contributed by atoms with van der Waals surface area (Å²) in [6.45, 7) is 1.62. The van der Waals surface area contributed by atoms with Gasteiger partial charge in [-0.05, 0) is 44.2 Å². The van der Waals surface area contributed by atoms with E-state index in [4.69, 9.17) is 4.74 Å². The van der Waals surface area contributed by atoms with Gasteiger partial charge in [0.05, 0.1) is 12.8 Å². The Labute approximate surface area is 159 Å². The van der Waals surface area contributed by atoms with Crippen LogP contribution < -0.4 is 10.1 Å². The van der Waals surface area contributed by atoms with Gasteiger partial charge in [0, 0.05) is 24.0 Å². The minimum atomic E-state index is -0.0761. The molecule has 6 nitrogen and oxygen atoms in total. The molecule has 142 valence electrons. The Kier molecular flexibility index (Phi) is 6.16. The molecule has 0 spiro atoms. The first kappa shape index (κ1) is 19.0.